The molecule has 5 nitrogen and oxygen atoms in total. The van der Waals surface area contributed by atoms with Crippen molar-refractivity contribution in [2.75, 3.05) is 6.54 Å². The molecule has 0 bridgehead atoms. The van der Waals surface area contributed by atoms with E-state index in [-0.39, 0.29) is 5.82 Å². The van der Waals surface area contributed by atoms with Crippen molar-refractivity contribution in [3.8, 4) is 5.69 Å². The number of benzene rings is 1. The number of aromatic nitrogens is 4. The minimum absolute atomic E-state index is 0.237. The van der Waals surface area contributed by atoms with Crippen molar-refractivity contribution in [1.29, 1.82) is 0 Å². The van der Waals surface area contributed by atoms with E-state index in [0.717, 1.165) is 43.3 Å². The van der Waals surface area contributed by atoms with Crippen LogP contribution in [0.3, 0.4) is 0 Å². The Morgan fingerprint density at radius 2 is 1.93 bits per heavy atom. The highest BCUT2D eigenvalue weighted by molar-refractivity contribution is 5.35. The molecule has 140 valence electrons. The summed E-state index contributed by atoms with van der Waals surface area (Å²) in [5.74, 6) is 1.05. The molecule has 1 aromatic carbocycles. The van der Waals surface area contributed by atoms with Crippen molar-refractivity contribution >= 4 is 0 Å². The van der Waals surface area contributed by atoms with E-state index in [1.165, 1.54) is 29.0 Å². The maximum absolute atomic E-state index is 13.2. The number of hydrogen-bond acceptors (Lipinski definition) is 4. The van der Waals surface area contributed by atoms with Crippen molar-refractivity contribution in [3.05, 3.63) is 70.8 Å². The van der Waals surface area contributed by atoms with Crippen LogP contribution in [-0.2, 0) is 19.5 Å². The summed E-state index contributed by atoms with van der Waals surface area (Å²) in [6.07, 6.45) is 4.84. The average molecular weight is 365 g/mol. The van der Waals surface area contributed by atoms with Crippen LogP contribution in [0.2, 0.25) is 0 Å². The number of rotatable bonds is 4. The quantitative estimate of drug-likeness (QED) is 0.706. The molecule has 0 atom stereocenters. The van der Waals surface area contributed by atoms with Crippen LogP contribution >= 0.6 is 0 Å². The topological polar surface area (TPSA) is 46.8 Å². The second-order valence-electron chi connectivity index (χ2n) is 7.46. The molecule has 27 heavy (non-hydrogen) atoms. The molecule has 0 fully saturated rings. The Hall–Kier alpha value is -2.60. The lowest BCUT2D eigenvalue weighted by Crippen LogP contribution is -2.31. The minimum atomic E-state index is -0.237. The van der Waals surface area contributed by atoms with Crippen LogP contribution in [0.5, 0.6) is 0 Å². The third-order valence-electron chi connectivity index (χ3n) is 5.12. The van der Waals surface area contributed by atoms with Gasteiger partial charge in [-0.2, -0.15) is 5.10 Å². The Morgan fingerprint density at radius 3 is 2.67 bits per heavy atom. The number of nitrogens with zero attached hydrogens (tertiary/aromatic N) is 5. The second-order valence-corrected chi connectivity index (χ2v) is 7.46. The van der Waals surface area contributed by atoms with Gasteiger partial charge in [0.05, 0.1) is 11.9 Å². The lowest BCUT2D eigenvalue weighted by Gasteiger charge is -2.28. The van der Waals surface area contributed by atoms with Gasteiger partial charge in [0, 0.05) is 60.7 Å². The maximum atomic E-state index is 13.2. The van der Waals surface area contributed by atoms with Crippen molar-refractivity contribution in [3.63, 3.8) is 0 Å². The average Bonchev–Trinajstić information content (AvgIpc) is 3.02. The summed E-state index contributed by atoms with van der Waals surface area (Å²) in [5.41, 5.74) is 5.54. The third-order valence-corrected chi connectivity index (χ3v) is 5.12. The summed E-state index contributed by atoms with van der Waals surface area (Å²) in [6, 6.07) is 6.42. The van der Waals surface area contributed by atoms with Gasteiger partial charge in [-0.1, -0.05) is 13.8 Å². The van der Waals surface area contributed by atoms with Crippen molar-refractivity contribution in [1.82, 2.24) is 24.6 Å². The Morgan fingerprint density at radius 1 is 1.15 bits per heavy atom. The van der Waals surface area contributed by atoms with Crippen molar-refractivity contribution in [2.45, 2.75) is 46.2 Å². The van der Waals surface area contributed by atoms with E-state index in [0.29, 0.717) is 5.92 Å². The zero-order valence-electron chi connectivity index (χ0n) is 16.0. The molecular formula is C21H24FN5. The highest BCUT2D eigenvalue weighted by Gasteiger charge is 2.20. The maximum Gasteiger partial charge on any atom is 0.131 e. The molecule has 0 amide bonds. The van der Waals surface area contributed by atoms with Crippen molar-refractivity contribution in [2.24, 2.45) is 0 Å². The molecule has 0 N–H and O–H groups in total. The van der Waals surface area contributed by atoms with Crippen LogP contribution in [0.25, 0.3) is 5.69 Å². The highest BCUT2D eigenvalue weighted by Crippen LogP contribution is 2.22. The fourth-order valence-corrected chi connectivity index (χ4v) is 3.49. The van der Waals surface area contributed by atoms with E-state index < -0.39 is 0 Å². The molecule has 0 unspecified atom stereocenters. The van der Waals surface area contributed by atoms with E-state index in [2.05, 4.69) is 35.8 Å². The second kappa shape index (κ2) is 7.19. The molecule has 0 aliphatic carbocycles. The summed E-state index contributed by atoms with van der Waals surface area (Å²) >= 11 is 0. The molecule has 0 saturated heterocycles. The molecule has 3 aromatic rings. The van der Waals surface area contributed by atoms with Gasteiger partial charge in [-0.3, -0.25) is 4.90 Å². The predicted octanol–water partition coefficient (Wildman–Crippen LogP) is 3.79. The minimum Gasteiger partial charge on any atom is -0.294 e. The lowest BCUT2D eigenvalue weighted by atomic mass is 10.1. The van der Waals surface area contributed by atoms with Gasteiger partial charge in [0.2, 0.25) is 0 Å². The normalized spacial score (nSPS) is 14.6. The molecule has 0 saturated carbocycles. The monoisotopic (exact) mass is 365 g/mol. The van der Waals surface area contributed by atoms with Gasteiger partial charge in [-0.15, -0.1) is 0 Å². The molecule has 3 heterocycles. The molecule has 2 aromatic heterocycles. The third kappa shape index (κ3) is 3.62. The smallest absolute Gasteiger partial charge is 0.131 e. The van der Waals surface area contributed by atoms with Gasteiger partial charge in [0.25, 0.3) is 0 Å². The van der Waals surface area contributed by atoms with Crippen LogP contribution in [0.4, 0.5) is 4.39 Å². The Bertz CT molecular complexity index is 946. The van der Waals surface area contributed by atoms with Crippen LogP contribution in [0.1, 0.15) is 48.1 Å². The Kier molecular flexibility index (Phi) is 4.74. The molecule has 4 rings (SSSR count). The van der Waals surface area contributed by atoms with Crippen LogP contribution in [0, 0.1) is 12.7 Å². The van der Waals surface area contributed by atoms with E-state index in [1.807, 2.05) is 17.1 Å². The Labute approximate surface area is 158 Å². The van der Waals surface area contributed by atoms with Gasteiger partial charge < -0.3 is 0 Å². The number of fused-ring (bicyclic) bond motifs is 1. The molecule has 0 spiro atoms. The van der Waals surface area contributed by atoms with Crippen LogP contribution in [0.15, 0.2) is 36.7 Å². The zero-order chi connectivity index (χ0) is 19.0. The van der Waals surface area contributed by atoms with Crippen LogP contribution < -0.4 is 0 Å². The van der Waals surface area contributed by atoms with Gasteiger partial charge in [-0.25, -0.2) is 19.0 Å². The molecule has 1 aliphatic heterocycles. The number of hydrogen-bond donors (Lipinski definition) is 0. The predicted molar refractivity (Wildman–Crippen MR) is 102 cm³/mol. The molecule has 1 aliphatic rings. The fraction of sp³-hybridized carbons (Fsp3) is 0.381. The summed E-state index contributed by atoms with van der Waals surface area (Å²) in [6.45, 7) is 8.97. The summed E-state index contributed by atoms with van der Waals surface area (Å²) < 4.78 is 15.0. The SMILES string of the molecule is Cc1c(CN2CCc3nc(C(C)C)ncc3C2)cnn1-c1ccc(F)cc1. The molecule has 6 heteroatoms. The van der Waals surface area contributed by atoms with E-state index in [9.17, 15) is 4.39 Å². The summed E-state index contributed by atoms with van der Waals surface area (Å²) in [5, 5.41) is 4.50. The Balaban J connectivity index is 1.50. The number of halogens is 1. The van der Waals surface area contributed by atoms with Gasteiger partial charge in [0.15, 0.2) is 0 Å². The van der Waals surface area contributed by atoms with Gasteiger partial charge >= 0.3 is 0 Å². The first-order chi connectivity index (χ1) is 13.0. The van der Waals surface area contributed by atoms with E-state index in [1.54, 1.807) is 12.1 Å². The first kappa shape index (κ1) is 17.8. The van der Waals surface area contributed by atoms with E-state index >= 15 is 0 Å². The summed E-state index contributed by atoms with van der Waals surface area (Å²) in [4.78, 5) is 11.7. The first-order valence-electron chi connectivity index (χ1n) is 9.37. The van der Waals surface area contributed by atoms with Gasteiger partial charge in [-0.05, 0) is 31.2 Å². The van der Waals surface area contributed by atoms with Crippen molar-refractivity contribution < 1.29 is 4.39 Å². The summed E-state index contributed by atoms with van der Waals surface area (Å²) in [7, 11) is 0. The van der Waals surface area contributed by atoms with Gasteiger partial charge in [0.1, 0.15) is 11.6 Å². The molecule has 0 radical (unpaired) electrons. The first-order valence-corrected chi connectivity index (χ1v) is 9.37. The standard InChI is InChI=1S/C21H24FN5/c1-14(2)21-23-10-17-13-26(9-8-20(17)25-21)12-16-11-24-27(15(16)3)19-6-4-18(22)5-7-19/h4-7,10-11,14H,8-9,12-13H2,1-3H3. The van der Waals surface area contributed by atoms with Crippen LogP contribution in [-0.4, -0.2) is 31.2 Å². The van der Waals surface area contributed by atoms with E-state index in [4.69, 9.17) is 4.98 Å². The lowest BCUT2D eigenvalue weighted by molar-refractivity contribution is 0.242. The largest absolute Gasteiger partial charge is 0.294 e. The highest BCUT2D eigenvalue weighted by atomic mass is 19.1. The zero-order valence-corrected chi connectivity index (χ0v) is 16.0. The fourth-order valence-electron chi connectivity index (χ4n) is 3.49. The molecular weight excluding hydrogens is 341 g/mol.